The third-order valence-corrected chi connectivity index (χ3v) is 5.15. The van der Waals surface area contributed by atoms with Crippen LogP contribution in [-0.4, -0.2) is 34.3 Å². The number of aromatic nitrogens is 2. The molecule has 3 aromatic rings. The number of carbonyl (C=O) groups is 2. The summed E-state index contributed by atoms with van der Waals surface area (Å²) in [6.07, 6.45) is 2.49. The number of rotatable bonds is 8. The number of amides is 1. The minimum atomic E-state index is -0.554. The first-order valence-corrected chi connectivity index (χ1v) is 10.1. The van der Waals surface area contributed by atoms with Crippen molar-refractivity contribution in [3.63, 3.8) is 0 Å². The lowest BCUT2D eigenvalue weighted by Gasteiger charge is -2.11. The summed E-state index contributed by atoms with van der Waals surface area (Å²) in [6.45, 7) is 4.12. The van der Waals surface area contributed by atoms with Gasteiger partial charge in [0.1, 0.15) is 11.3 Å². The Kier molecular flexibility index (Phi) is 6.60. The monoisotopic (exact) mass is 397 g/mol. The van der Waals surface area contributed by atoms with Crippen molar-refractivity contribution in [2.75, 3.05) is 6.61 Å². The van der Waals surface area contributed by atoms with Crippen molar-refractivity contribution in [2.24, 2.45) is 0 Å². The summed E-state index contributed by atoms with van der Waals surface area (Å²) in [5.41, 5.74) is 2.00. The normalized spacial score (nSPS) is 11.8. The van der Waals surface area contributed by atoms with Gasteiger partial charge in [0.25, 0.3) is 5.91 Å². The lowest BCUT2D eigenvalue weighted by molar-refractivity contribution is -0.124. The average molecular weight is 398 g/mol. The minimum Gasteiger partial charge on any atom is -0.452 e. The minimum absolute atomic E-state index is 0.0431. The van der Waals surface area contributed by atoms with Crippen LogP contribution in [0.15, 0.2) is 54.0 Å². The van der Waals surface area contributed by atoms with E-state index in [9.17, 15) is 9.59 Å². The molecule has 0 saturated heterocycles. The van der Waals surface area contributed by atoms with Crippen LogP contribution in [0, 0.1) is 0 Å². The van der Waals surface area contributed by atoms with Crippen molar-refractivity contribution in [3.8, 4) is 10.6 Å². The molecule has 0 unspecified atom stereocenters. The van der Waals surface area contributed by atoms with Crippen LogP contribution >= 0.6 is 11.3 Å². The van der Waals surface area contributed by atoms with E-state index in [0.717, 1.165) is 16.9 Å². The molecule has 0 aliphatic rings. The number of carbonyl (C=O) groups excluding carboxylic acids is 2. The van der Waals surface area contributed by atoms with Crippen molar-refractivity contribution in [2.45, 2.75) is 32.9 Å². The van der Waals surface area contributed by atoms with Crippen LogP contribution in [0.2, 0.25) is 0 Å². The molecule has 2 heterocycles. The van der Waals surface area contributed by atoms with Gasteiger partial charge in [0.05, 0.1) is 11.4 Å². The van der Waals surface area contributed by atoms with Crippen molar-refractivity contribution in [3.05, 3.63) is 65.2 Å². The van der Waals surface area contributed by atoms with Gasteiger partial charge >= 0.3 is 5.97 Å². The molecule has 1 amide bonds. The SMILES string of the molecule is CC[C@H](C)NC(=O)COC(=O)c1cn(Cc2ccccc2)nc1-c1cccs1. The molecule has 7 heteroatoms. The zero-order valence-electron chi connectivity index (χ0n) is 15.9. The summed E-state index contributed by atoms with van der Waals surface area (Å²) in [5.74, 6) is -0.862. The zero-order valence-corrected chi connectivity index (χ0v) is 16.7. The van der Waals surface area contributed by atoms with Crippen LogP contribution in [0.25, 0.3) is 10.6 Å². The Labute approximate surface area is 168 Å². The van der Waals surface area contributed by atoms with Crippen LogP contribution in [0.1, 0.15) is 36.2 Å². The predicted octanol–water partition coefficient (Wildman–Crippen LogP) is 3.73. The molecular weight excluding hydrogens is 374 g/mol. The molecule has 1 aromatic carbocycles. The Bertz CT molecular complexity index is 920. The fourth-order valence-corrected chi connectivity index (χ4v) is 3.37. The summed E-state index contributed by atoms with van der Waals surface area (Å²) in [4.78, 5) is 25.4. The van der Waals surface area contributed by atoms with E-state index >= 15 is 0 Å². The highest BCUT2D eigenvalue weighted by Gasteiger charge is 2.21. The Balaban J connectivity index is 1.76. The van der Waals surface area contributed by atoms with Gasteiger partial charge in [-0.25, -0.2) is 4.79 Å². The molecule has 2 aromatic heterocycles. The standard InChI is InChI=1S/C21H23N3O3S/c1-3-15(2)22-19(25)14-27-21(26)17-13-24(12-16-8-5-4-6-9-16)23-20(17)18-10-7-11-28-18/h4-11,13,15H,3,12,14H2,1-2H3,(H,22,25)/t15-/m0/s1. The van der Waals surface area contributed by atoms with Crippen LogP contribution in [0.3, 0.4) is 0 Å². The molecule has 0 bridgehead atoms. The van der Waals surface area contributed by atoms with Crippen LogP contribution in [0.5, 0.6) is 0 Å². The van der Waals surface area contributed by atoms with E-state index in [2.05, 4.69) is 10.4 Å². The van der Waals surface area contributed by atoms with Crippen LogP contribution < -0.4 is 5.32 Å². The second-order valence-electron chi connectivity index (χ2n) is 6.50. The fourth-order valence-electron chi connectivity index (χ4n) is 2.64. The van der Waals surface area contributed by atoms with Gasteiger partial charge < -0.3 is 10.1 Å². The molecule has 0 aliphatic carbocycles. The van der Waals surface area contributed by atoms with Gasteiger partial charge in [0.15, 0.2) is 6.61 Å². The van der Waals surface area contributed by atoms with Crippen molar-refractivity contribution >= 4 is 23.2 Å². The third kappa shape index (κ3) is 5.07. The highest BCUT2D eigenvalue weighted by Crippen LogP contribution is 2.27. The lowest BCUT2D eigenvalue weighted by atomic mass is 10.2. The maximum atomic E-state index is 12.6. The van der Waals surface area contributed by atoms with Gasteiger partial charge in [-0.1, -0.05) is 43.3 Å². The number of hydrogen-bond acceptors (Lipinski definition) is 5. The molecule has 0 spiro atoms. The maximum Gasteiger partial charge on any atom is 0.342 e. The van der Waals surface area contributed by atoms with Crippen LogP contribution in [-0.2, 0) is 16.1 Å². The molecule has 0 fully saturated rings. The molecule has 0 radical (unpaired) electrons. The Hall–Kier alpha value is -2.93. The van der Waals surface area contributed by atoms with E-state index < -0.39 is 5.97 Å². The van der Waals surface area contributed by atoms with E-state index in [0.29, 0.717) is 17.8 Å². The molecule has 1 atom stereocenters. The zero-order chi connectivity index (χ0) is 19.9. The van der Waals surface area contributed by atoms with Gasteiger partial charge in [-0.15, -0.1) is 11.3 Å². The van der Waals surface area contributed by atoms with Crippen molar-refractivity contribution in [1.82, 2.24) is 15.1 Å². The summed E-state index contributed by atoms with van der Waals surface area (Å²) in [7, 11) is 0. The number of nitrogens with one attached hydrogen (secondary N) is 1. The first-order valence-electron chi connectivity index (χ1n) is 9.18. The highest BCUT2D eigenvalue weighted by atomic mass is 32.1. The van der Waals surface area contributed by atoms with Gasteiger partial charge in [-0.3, -0.25) is 9.48 Å². The lowest BCUT2D eigenvalue weighted by Crippen LogP contribution is -2.35. The molecule has 0 aliphatic heterocycles. The smallest absolute Gasteiger partial charge is 0.342 e. The second kappa shape index (κ2) is 9.32. The van der Waals surface area contributed by atoms with E-state index in [-0.39, 0.29) is 18.6 Å². The van der Waals surface area contributed by atoms with Gasteiger partial charge in [-0.2, -0.15) is 5.10 Å². The molecule has 146 valence electrons. The van der Waals surface area contributed by atoms with Crippen molar-refractivity contribution in [1.29, 1.82) is 0 Å². The van der Waals surface area contributed by atoms with Crippen molar-refractivity contribution < 1.29 is 14.3 Å². The third-order valence-electron chi connectivity index (χ3n) is 4.28. The number of thiophene rings is 1. The molecule has 1 N–H and O–H groups in total. The Morgan fingerprint density at radius 2 is 2.00 bits per heavy atom. The number of esters is 1. The molecular formula is C21H23N3O3S. The topological polar surface area (TPSA) is 73.2 Å². The first-order chi connectivity index (χ1) is 13.6. The number of hydrogen-bond donors (Lipinski definition) is 1. The summed E-state index contributed by atoms with van der Waals surface area (Å²) < 4.78 is 6.96. The maximum absolute atomic E-state index is 12.6. The van der Waals surface area contributed by atoms with E-state index in [1.165, 1.54) is 11.3 Å². The van der Waals surface area contributed by atoms with Gasteiger partial charge in [0.2, 0.25) is 0 Å². The molecule has 6 nitrogen and oxygen atoms in total. The molecule has 0 saturated carbocycles. The Morgan fingerprint density at radius 1 is 1.21 bits per heavy atom. The summed E-state index contributed by atoms with van der Waals surface area (Å²) in [6, 6.07) is 13.7. The van der Waals surface area contributed by atoms with Gasteiger partial charge in [-0.05, 0) is 30.4 Å². The summed E-state index contributed by atoms with van der Waals surface area (Å²) >= 11 is 1.50. The van der Waals surface area contributed by atoms with E-state index in [4.69, 9.17) is 4.74 Å². The van der Waals surface area contributed by atoms with E-state index in [1.54, 1.807) is 10.9 Å². The average Bonchev–Trinajstić information content (AvgIpc) is 3.36. The number of nitrogens with zero attached hydrogens (tertiary/aromatic N) is 2. The fraction of sp³-hybridized carbons (Fsp3) is 0.286. The van der Waals surface area contributed by atoms with E-state index in [1.807, 2.05) is 61.7 Å². The first kappa shape index (κ1) is 19.8. The highest BCUT2D eigenvalue weighted by molar-refractivity contribution is 7.13. The number of ether oxygens (including phenoxy) is 1. The molecule has 3 rings (SSSR count). The quantitative estimate of drug-likeness (QED) is 0.588. The number of benzene rings is 1. The molecule has 28 heavy (non-hydrogen) atoms. The Morgan fingerprint density at radius 3 is 2.68 bits per heavy atom. The predicted molar refractivity (Wildman–Crippen MR) is 109 cm³/mol. The van der Waals surface area contributed by atoms with Gasteiger partial charge in [0, 0.05) is 12.2 Å². The summed E-state index contributed by atoms with van der Waals surface area (Å²) in [5, 5.41) is 9.30. The second-order valence-corrected chi connectivity index (χ2v) is 7.45. The van der Waals surface area contributed by atoms with Crippen LogP contribution in [0.4, 0.5) is 0 Å². The largest absolute Gasteiger partial charge is 0.452 e.